The average Bonchev–Trinajstić information content (AvgIpc) is 3.30. The molecular formula is C20H24O9. The van der Waals surface area contributed by atoms with Crippen LogP contribution in [0.25, 0.3) is 0 Å². The predicted octanol–water partition coefficient (Wildman–Crippen LogP) is 0.832. The molecule has 9 nitrogen and oxygen atoms in total. The van der Waals surface area contributed by atoms with Gasteiger partial charge in [-0.2, -0.15) is 0 Å². The molecule has 0 spiro atoms. The minimum atomic E-state index is -0.942. The normalized spacial score (nSPS) is 35.1. The SMILES string of the molecule is C=C(C)C(=O)OCC(=O)OC1C2OC(=O)C3C2OC1C3C(=O)OC1CCCCC1. The second-order valence-corrected chi connectivity index (χ2v) is 8.03. The third kappa shape index (κ3) is 3.63. The van der Waals surface area contributed by atoms with Crippen LogP contribution in [0, 0.1) is 11.8 Å². The highest BCUT2D eigenvalue weighted by molar-refractivity contribution is 5.89. The van der Waals surface area contributed by atoms with Gasteiger partial charge in [0.15, 0.2) is 18.8 Å². The topological polar surface area (TPSA) is 114 Å². The van der Waals surface area contributed by atoms with E-state index in [1.54, 1.807) is 0 Å². The molecule has 0 aromatic heterocycles. The van der Waals surface area contributed by atoms with Crippen LogP contribution in [0.3, 0.4) is 0 Å². The van der Waals surface area contributed by atoms with Crippen molar-refractivity contribution in [2.45, 2.75) is 69.5 Å². The van der Waals surface area contributed by atoms with E-state index in [4.69, 9.17) is 23.7 Å². The summed E-state index contributed by atoms with van der Waals surface area (Å²) in [5, 5.41) is 0. The molecule has 3 heterocycles. The third-order valence-electron chi connectivity index (χ3n) is 5.95. The van der Waals surface area contributed by atoms with Crippen LogP contribution < -0.4 is 0 Å². The van der Waals surface area contributed by atoms with Gasteiger partial charge < -0.3 is 23.7 Å². The van der Waals surface area contributed by atoms with Crippen LogP contribution in [-0.2, 0) is 42.9 Å². The van der Waals surface area contributed by atoms with E-state index in [0.717, 1.165) is 32.1 Å². The molecule has 2 bridgehead atoms. The van der Waals surface area contributed by atoms with Gasteiger partial charge in [0.05, 0.1) is 0 Å². The Morgan fingerprint density at radius 3 is 2.48 bits per heavy atom. The largest absolute Gasteiger partial charge is 0.462 e. The van der Waals surface area contributed by atoms with Crippen molar-refractivity contribution in [3.05, 3.63) is 12.2 Å². The first kappa shape index (κ1) is 19.9. The lowest BCUT2D eigenvalue weighted by Crippen LogP contribution is -2.48. The molecule has 9 heteroatoms. The van der Waals surface area contributed by atoms with Crippen LogP contribution in [0.2, 0.25) is 0 Å². The standard InChI is InChI=1S/C20H24O9/c1-9(2)18(22)25-8-11(21)27-16-14-12(13-15(28-14)17(16)29-20(13)24)19(23)26-10-6-4-3-5-7-10/h10,12-17H,1,3-8H2,2H3. The first-order valence-electron chi connectivity index (χ1n) is 9.95. The van der Waals surface area contributed by atoms with Gasteiger partial charge in [0.1, 0.15) is 30.1 Å². The minimum absolute atomic E-state index is 0.152. The zero-order chi connectivity index (χ0) is 20.7. The fourth-order valence-electron chi connectivity index (χ4n) is 4.60. The summed E-state index contributed by atoms with van der Waals surface area (Å²) >= 11 is 0. The van der Waals surface area contributed by atoms with Gasteiger partial charge in [-0.15, -0.1) is 0 Å². The van der Waals surface area contributed by atoms with Crippen LogP contribution in [0.1, 0.15) is 39.0 Å². The molecule has 29 heavy (non-hydrogen) atoms. The molecule has 3 saturated heterocycles. The van der Waals surface area contributed by atoms with Gasteiger partial charge in [0.25, 0.3) is 0 Å². The number of carbonyl (C=O) groups excluding carboxylic acids is 4. The highest BCUT2D eigenvalue weighted by Gasteiger charge is 2.72. The minimum Gasteiger partial charge on any atom is -0.462 e. The molecule has 0 amide bonds. The summed E-state index contributed by atoms with van der Waals surface area (Å²) in [6, 6.07) is 0. The van der Waals surface area contributed by atoms with E-state index in [1.165, 1.54) is 6.92 Å². The van der Waals surface area contributed by atoms with Crippen LogP contribution in [-0.4, -0.2) is 61.0 Å². The summed E-state index contributed by atoms with van der Waals surface area (Å²) in [6.07, 6.45) is 1.39. The van der Waals surface area contributed by atoms with E-state index in [9.17, 15) is 19.2 Å². The molecule has 6 unspecified atom stereocenters. The average molecular weight is 408 g/mol. The number of fused-ring (bicyclic) bond motifs is 1. The zero-order valence-corrected chi connectivity index (χ0v) is 16.2. The highest BCUT2D eigenvalue weighted by atomic mass is 16.7. The fraction of sp³-hybridized carbons (Fsp3) is 0.700. The first-order valence-corrected chi connectivity index (χ1v) is 9.95. The van der Waals surface area contributed by atoms with Crippen LogP contribution in [0.15, 0.2) is 12.2 Å². The third-order valence-corrected chi connectivity index (χ3v) is 5.95. The van der Waals surface area contributed by atoms with Crippen molar-refractivity contribution in [2.75, 3.05) is 6.61 Å². The summed E-state index contributed by atoms with van der Waals surface area (Å²) in [6.45, 7) is 4.27. The predicted molar refractivity (Wildman–Crippen MR) is 94.1 cm³/mol. The Morgan fingerprint density at radius 2 is 1.79 bits per heavy atom. The molecule has 3 aliphatic heterocycles. The van der Waals surface area contributed by atoms with Gasteiger partial charge in [-0.05, 0) is 32.6 Å². The quantitative estimate of drug-likeness (QED) is 0.358. The molecular weight excluding hydrogens is 384 g/mol. The number of hydrogen-bond donors (Lipinski definition) is 0. The number of esters is 4. The molecule has 4 fully saturated rings. The lowest BCUT2D eigenvalue weighted by molar-refractivity contribution is -0.171. The molecule has 6 atom stereocenters. The number of rotatable bonds is 6. The Labute approximate surface area is 167 Å². The summed E-state index contributed by atoms with van der Waals surface area (Å²) in [4.78, 5) is 48.7. The summed E-state index contributed by atoms with van der Waals surface area (Å²) in [7, 11) is 0. The lowest BCUT2D eigenvalue weighted by atomic mass is 9.78. The number of ether oxygens (including phenoxy) is 5. The maximum Gasteiger partial charge on any atom is 0.344 e. The molecule has 0 radical (unpaired) electrons. The van der Waals surface area contributed by atoms with Crippen molar-refractivity contribution >= 4 is 23.9 Å². The van der Waals surface area contributed by atoms with Gasteiger partial charge in [-0.3, -0.25) is 9.59 Å². The first-order chi connectivity index (χ1) is 13.9. The Bertz CT molecular complexity index is 738. The van der Waals surface area contributed by atoms with Crippen molar-refractivity contribution < 1.29 is 42.9 Å². The summed E-state index contributed by atoms with van der Waals surface area (Å²) in [5.74, 6) is -4.20. The van der Waals surface area contributed by atoms with E-state index in [2.05, 4.69) is 6.58 Å². The van der Waals surface area contributed by atoms with E-state index >= 15 is 0 Å². The lowest BCUT2D eigenvalue weighted by Gasteiger charge is -2.29. The van der Waals surface area contributed by atoms with Gasteiger partial charge in [-0.1, -0.05) is 13.0 Å². The maximum atomic E-state index is 12.8. The van der Waals surface area contributed by atoms with E-state index in [0.29, 0.717) is 0 Å². The van der Waals surface area contributed by atoms with Crippen LogP contribution >= 0.6 is 0 Å². The molecule has 0 N–H and O–H groups in total. The molecule has 158 valence electrons. The highest BCUT2D eigenvalue weighted by Crippen LogP contribution is 2.51. The molecule has 1 saturated carbocycles. The van der Waals surface area contributed by atoms with E-state index < -0.39 is 66.7 Å². The van der Waals surface area contributed by atoms with Crippen LogP contribution in [0.4, 0.5) is 0 Å². The summed E-state index contributed by atoms with van der Waals surface area (Å²) < 4.78 is 26.9. The Kier molecular flexibility index (Phi) is 5.33. The van der Waals surface area contributed by atoms with Crippen molar-refractivity contribution in [2.24, 2.45) is 11.8 Å². The molecule has 0 aromatic rings. The second-order valence-electron chi connectivity index (χ2n) is 8.03. The van der Waals surface area contributed by atoms with E-state index in [1.807, 2.05) is 0 Å². The Morgan fingerprint density at radius 1 is 1.07 bits per heavy atom. The van der Waals surface area contributed by atoms with Gasteiger partial charge in [0.2, 0.25) is 0 Å². The van der Waals surface area contributed by atoms with Crippen molar-refractivity contribution in [1.29, 1.82) is 0 Å². The monoisotopic (exact) mass is 408 g/mol. The Hall–Kier alpha value is -2.42. The fourth-order valence-corrected chi connectivity index (χ4v) is 4.60. The molecule has 4 aliphatic rings. The maximum absolute atomic E-state index is 12.8. The molecule has 1 aliphatic carbocycles. The molecule has 4 rings (SSSR count). The smallest absolute Gasteiger partial charge is 0.344 e. The Balaban J connectivity index is 1.41. The van der Waals surface area contributed by atoms with Crippen molar-refractivity contribution in [1.82, 2.24) is 0 Å². The van der Waals surface area contributed by atoms with Gasteiger partial charge in [0, 0.05) is 5.57 Å². The molecule has 0 aromatic carbocycles. The van der Waals surface area contributed by atoms with Crippen molar-refractivity contribution in [3.8, 4) is 0 Å². The van der Waals surface area contributed by atoms with E-state index in [-0.39, 0.29) is 11.7 Å². The summed E-state index contributed by atoms with van der Waals surface area (Å²) in [5.41, 5.74) is 0.152. The van der Waals surface area contributed by atoms with Gasteiger partial charge in [-0.25, -0.2) is 9.59 Å². The van der Waals surface area contributed by atoms with Crippen LogP contribution in [0.5, 0.6) is 0 Å². The van der Waals surface area contributed by atoms with Crippen molar-refractivity contribution in [3.63, 3.8) is 0 Å². The zero-order valence-electron chi connectivity index (χ0n) is 16.2. The number of carbonyl (C=O) groups is 4. The second kappa shape index (κ2) is 7.78. The van der Waals surface area contributed by atoms with Gasteiger partial charge >= 0.3 is 23.9 Å². The number of hydrogen-bond acceptors (Lipinski definition) is 9.